The summed E-state index contributed by atoms with van der Waals surface area (Å²) in [6, 6.07) is 9.30. The smallest absolute Gasteiger partial charge is 0.263 e. The maximum absolute atomic E-state index is 12.3. The number of pyridine rings is 1. The summed E-state index contributed by atoms with van der Waals surface area (Å²) in [6.07, 6.45) is 3.29. The summed E-state index contributed by atoms with van der Waals surface area (Å²) in [5.41, 5.74) is 0.752. The van der Waals surface area contributed by atoms with Gasteiger partial charge < -0.3 is 0 Å². The Labute approximate surface area is 135 Å². The number of rotatable bonds is 4. The number of nitrogens with zero attached hydrogens (tertiary/aromatic N) is 2. The molecule has 1 N–H and O–H groups in total. The quantitative estimate of drug-likeness (QED) is 0.897. The molecule has 0 atom stereocenters. The first-order valence-corrected chi connectivity index (χ1v) is 10.0. The van der Waals surface area contributed by atoms with Gasteiger partial charge in [0, 0.05) is 18.9 Å². The Morgan fingerprint density at radius 3 is 2.65 bits per heavy atom. The lowest BCUT2D eigenvalue weighted by atomic mass is 10.3. The molecule has 1 aromatic heterocycles. The van der Waals surface area contributed by atoms with Crippen molar-refractivity contribution in [3.63, 3.8) is 0 Å². The molecule has 1 aliphatic rings. The molecule has 0 unspecified atom stereocenters. The first-order valence-electron chi connectivity index (χ1n) is 6.92. The molecule has 122 valence electrons. The Balaban J connectivity index is 1.89. The van der Waals surface area contributed by atoms with Crippen LogP contribution >= 0.6 is 0 Å². The largest absolute Gasteiger partial charge is 0.280 e. The monoisotopic (exact) mass is 353 g/mol. The van der Waals surface area contributed by atoms with E-state index in [-0.39, 0.29) is 10.6 Å². The summed E-state index contributed by atoms with van der Waals surface area (Å²) < 4.78 is 52.2. The minimum Gasteiger partial charge on any atom is -0.280 e. The minimum atomic E-state index is -3.76. The van der Waals surface area contributed by atoms with Gasteiger partial charge in [0.25, 0.3) is 10.0 Å². The summed E-state index contributed by atoms with van der Waals surface area (Å²) in [4.78, 5) is 3.83. The van der Waals surface area contributed by atoms with Crippen molar-refractivity contribution in [1.29, 1.82) is 0 Å². The lowest BCUT2D eigenvalue weighted by Crippen LogP contribution is -2.25. The molecule has 1 aliphatic heterocycles. The van der Waals surface area contributed by atoms with E-state index in [2.05, 4.69) is 9.71 Å². The molecule has 9 heteroatoms. The number of sulfonamides is 2. The van der Waals surface area contributed by atoms with Crippen molar-refractivity contribution in [2.45, 2.75) is 11.3 Å². The van der Waals surface area contributed by atoms with Crippen molar-refractivity contribution >= 4 is 31.4 Å². The molecule has 0 spiro atoms. The fourth-order valence-electron chi connectivity index (χ4n) is 2.37. The highest BCUT2D eigenvalue weighted by Gasteiger charge is 2.28. The summed E-state index contributed by atoms with van der Waals surface area (Å²) >= 11 is 0. The van der Waals surface area contributed by atoms with Crippen LogP contribution in [0.1, 0.15) is 6.42 Å². The van der Waals surface area contributed by atoms with Crippen LogP contribution in [0.4, 0.5) is 11.4 Å². The highest BCUT2D eigenvalue weighted by molar-refractivity contribution is 7.93. The van der Waals surface area contributed by atoms with Crippen molar-refractivity contribution in [2.24, 2.45) is 0 Å². The van der Waals surface area contributed by atoms with E-state index in [0.717, 1.165) is 0 Å². The van der Waals surface area contributed by atoms with Crippen molar-refractivity contribution < 1.29 is 16.8 Å². The van der Waals surface area contributed by atoms with Crippen molar-refractivity contribution in [3.05, 3.63) is 48.8 Å². The average Bonchev–Trinajstić information content (AvgIpc) is 2.87. The molecule has 2 heterocycles. The van der Waals surface area contributed by atoms with E-state index in [4.69, 9.17) is 0 Å². The van der Waals surface area contributed by atoms with Crippen molar-refractivity contribution in [2.75, 3.05) is 21.3 Å². The van der Waals surface area contributed by atoms with Crippen LogP contribution in [0.3, 0.4) is 0 Å². The molecule has 0 bridgehead atoms. The Morgan fingerprint density at radius 2 is 2.00 bits per heavy atom. The number of nitrogens with one attached hydrogen (secondary N) is 1. The molecule has 1 fully saturated rings. The molecule has 1 aromatic carbocycles. The predicted molar refractivity (Wildman–Crippen MR) is 87.2 cm³/mol. The van der Waals surface area contributed by atoms with Gasteiger partial charge in [0.2, 0.25) is 10.0 Å². The van der Waals surface area contributed by atoms with Crippen LogP contribution in [0, 0.1) is 0 Å². The number of anilines is 2. The van der Waals surface area contributed by atoms with Crippen LogP contribution in [0.25, 0.3) is 0 Å². The van der Waals surface area contributed by atoms with Gasteiger partial charge in [-0.25, -0.2) is 16.8 Å². The summed E-state index contributed by atoms with van der Waals surface area (Å²) in [7, 11) is -7.07. The second-order valence-corrected chi connectivity index (χ2v) is 8.78. The van der Waals surface area contributed by atoms with Gasteiger partial charge in [-0.1, -0.05) is 6.07 Å². The topological polar surface area (TPSA) is 96.4 Å². The summed E-state index contributed by atoms with van der Waals surface area (Å²) in [6.45, 7) is 0.404. The van der Waals surface area contributed by atoms with Crippen molar-refractivity contribution in [1.82, 2.24) is 4.98 Å². The molecule has 2 aromatic rings. The molecule has 0 aliphatic carbocycles. The normalized spacial score (nSPS) is 17.1. The molecule has 3 rings (SSSR count). The molecule has 7 nitrogen and oxygen atoms in total. The molecule has 0 saturated carbocycles. The van der Waals surface area contributed by atoms with Crippen LogP contribution in [0.15, 0.2) is 53.7 Å². The van der Waals surface area contributed by atoms with Gasteiger partial charge in [0.15, 0.2) is 0 Å². The Morgan fingerprint density at radius 1 is 1.17 bits per heavy atom. The lowest BCUT2D eigenvalue weighted by Gasteiger charge is -2.18. The Hall–Kier alpha value is -2.13. The third-order valence-corrected chi connectivity index (χ3v) is 6.67. The number of hydrogen-bond acceptors (Lipinski definition) is 5. The third kappa shape index (κ3) is 3.30. The van der Waals surface area contributed by atoms with E-state index >= 15 is 0 Å². The van der Waals surface area contributed by atoms with Crippen LogP contribution in [0.2, 0.25) is 0 Å². The molecule has 1 saturated heterocycles. The zero-order chi connectivity index (χ0) is 16.5. The zero-order valence-corrected chi connectivity index (χ0v) is 13.7. The number of aromatic nitrogens is 1. The summed E-state index contributed by atoms with van der Waals surface area (Å²) in [5, 5.41) is 0. The highest BCUT2D eigenvalue weighted by Crippen LogP contribution is 2.27. The minimum absolute atomic E-state index is 0.0409. The van der Waals surface area contributed by atoms with Gasteiger partial charge in [-0.05, 0) is 36.8 Å². The number of hydrogen-bond donors (Lipinski definition) is 1. The van der Waals surface area contributed by atoms with Gasteiger partial charge in [0.05, 0.1) is 17.1 Å². The predicted octanol–water partition coefficient (Wildman–Crippen LogP) is 1.42. The SMILES string of the molecule is O=S(=O)(Nc1cccc(N2CCCS2(=O)=O)c1)c1cccnc1. The summed E-state index contributed by atoms with van der Waals surface area (Å²) in [5.74, 6) is 0.110. The highest BCUT2D eigenvalue weighted by atomic mass is 32.2. The fourth-order valence-corrected chi connectivity index (χ4v) is 4.94. The number of benzene rings is 1. The molecular formula is C14H15N3O4S2. The van der Waals surface area contributed by atoms with Gasteiger partial charge in [-0.3, -0.25) is 14.0 Å². The van der Waals surface area contributed by atoms with E-state index in [9.17, 15) is 16.8 Å². The maximum Gasteiger partial charge on any atom is 0.263 e. The van der Waals surface area contributed by atoms with E-state index < -0.39 is 20.0 Å². The van der Waals surface area contributed by atoms with E-state index in [0.29, 0.717) is 24.3 Å². The average molecular weight is 353 g/mol. The zero-order valence-electron chi connectivity index (χ0n) is 12.1. The molecule has 0 amide bonds. The van der Waals surface area contributed by atoms with Crippen LogP contribution in [0.5, 0.6) is 0 Å². The van der Waals surface area contributed by atoms with Gasteiger partial charge >= 0.3 is 0 Å². The van der Waals surface area contributed by atoms with E-state index in [1.54, 1.807) is 18.2 Å². The van der Waals surface area contributed by atoms with E-state index in [1.165, 1.54) is 34.9 Å². The molecule has 0 radical (unpaired) electrons. The Kier molecular flexibility index (Phi) is 3.99. The van der Waals surface area contributed by atoms with E-state index in [1.807, 2.05) is 0 Å². The maximum atomic E-state index is 12.3. The first-order chi connectivity index (χ1) is 10.9. The van der Waals surface area contributed by atoms with Gasteiger partial charge in [0.1, 0.15) is 4.90 Å². The molecule has 23 heavy (non-hydrogen) atoms. The first kappa shape index (κ1) is 15.8. The van der Waals surface area contributed by atoms with Crippen LogP contribution in [-0.4, -0.2) is 34.1 Å². The van der Waals surface area contributed by atoms with Crippen LogP contribution in [-0.2, 0) is 20.0 Å². The third-order valence-electron chi connectivity index (χ3n) is 3.43. The van der Waals surface area contributed by atoms with Gasteiger partial charge in [-0.15, -0.1) is 0 Å². The van der Waals surface area contributed by atoms with Crippen molar-refractivity contribution in [3.8, 4) is 0 Å². The van der Waals surface area contributed by atoms with Crippen LogP contribution < -0.4 is 9.03 Å². The fraction of sp³-hybridized carbons (Fsp3) is 0.214. The standard InChI is InChI=1S/C14H15N3O4S2/c18-22(19)9-3-8-17(22)13-5-1-4-12(10-13)16-23(20,21)14-6-2-7-15-11-14/h1-2,4-7,10-11,16H,3,8-9H2. The van der Waals surface area contributed by atoms with Gasteiger partial charge in [-0.2, -0.15) is 0 Å². The Bertz CT molecular complexity index is 912. The second-order valence-electron chi connectivity index (χ2n) is 5.09. The molecular weight excluding hydrogens is 338 g/mol. The lowest BCUT2D eigenvalue weighted by molar-refractivity contribution is 0.598. The second kappa shape index (κ2) is 5.82.